The Morgan fingerprint density at radius 2 is 1.94 bits per heavy atom. The molecule has 0 spiro atoms. The van der Waals surface area contributed by atoms with Crippen LogP contribution in [0.4, 0.5) is 0 Å². The summed E-state index contributed by atoms with van der Waals surface area (Å²) in [6.07, 6.45) is 1.66. The zero-order valence-corrected chi connectivity index (χ0v) is 10.4. The van der Waals surface area contributed by atoms with E-state index in [4.69, 9.17) is 16.3 Å². The van der Waals surface area contributed by atoms with E-state index in [1.807, 2.05) is 30.3 Å². The van der Waals surface area contributed by atoms with Crippen LogP contribution in [0.3, 0.4) is 0 Å². The van der Waals surface area contributed by atoms with Gasteiger partial charge in [-0.3, -0.25) is 0 Å². The summed E-state index contributed by atoms with van der Waals surface area (Å²) < 4.78 is 7.06. The van der Waals surface area contributed by atoms with Gasteiger partial charge >= 0.3 is 0 Å². The predicted molar refractivity (Wildman–Crippen MR) is 70.0 cm³/mol. The Hall–Kier alpha value is -2.07. The molecule has 0 aliphatic carbocycles. The molecule has 0 atom stereocenters. The maximum Gasteiger partial charge on any atom is 0.227 e. The van der Waals surface area contributed by atoms with Crippen LogP contribution >= 0.6 is 11.6 Å². The van der Waals surface area contributed by atoms with Crippen LogP contribution in [0.25, 0.3) is 16.8 Å². The Bertz CT molecular complexity index is 694. The topological polar surface area (TPSA) is 39.4 Å². The Balaban J connectivity index is 2.37. The summed E-state index contributed by atoms with van der Waals surface area (Å²) in [4.78, 5) is 4.31. The second-order valence-corrected chi connectivity index (χ2v) is 4.11. The zero-order chi connectivity index (χ0) is 12.5. The first-order valence-corrected chi connectivity index (χ1v) is 5.81. The number of rotatable bonds is 2. The van der Waals surface area contributed by atoms with Crippen LogP contribution in [0.15, 0.2) is 42.6 Å². The lowest BCUT2D eigenvalue weighted by molar-refractivity contribution is 0.386. The molecule has 0 N–H and O–H groups in total. The fraction of sp³-hybridized carbons (Fsp3) is 0.0769. The van der Waals surface area contributed by atoms with Crippen LogP contribution in [-0.4, -0.2) is 21.7 Å². The van der Waals surface area contributed by atoms with Crippen LogP contribution < -0.4 is 4.74 Å². The summed E-state index contributed by atoms with van der Waals surface area (Å²) in [5, 5.41) is 4.60. The first-order chi connectivity index (χ1) is 8.81. The maximum absolute atomic E-state index is 6.25. The highest BCUT2D eigenvalue weighted by Crippen LogP contribution is 2.35. The Morgan fingerprint density at radius 3 is 2.67 bits per heavy atom. The van der Waals surface area contributed by atoms with Crippen molar-refractivity contribution in [2.75, 3.05) is 7.11 Å². The fourth-order valence-electron chi connectivity index (χ4n) is 1.92. The van der Waals surface area contributed by atoms with E-state index in [9.17, 15) is 0 Å². The van der Waals surface area contributed by atoms with Gasteiger partial charge < -0.3 is 4.74 Å². The van der Waals surface area contributed by atoms with Crippen molar-refractivity contribution in [3.63, 3.8) is 0 Å². The van der Waals surface area contributed by atoms with Crippen molar-refractivity contribution in [1.82, 2.24) is 14.6 Å². The number of hydrogen-bond donors (Lipinski definition) is 0. The van der Waals surface area contributed by atoms with Crippen LogP contribution in [0.2, 0.25) is 5.15 Å². The summed E-state index contributed by atoms with van der Waals surface area (Å²) in [6.45, 7) is 0. The van der Waals surface area contributed by atoms with Crippen LogP contribution in [0.5, 0.6) is 5.88 Å². The summed E-state index contributed by atoms with van der Waals surface area (Å²) in [6, 6.07) is 11.5. The standard InChI is InChI=1S/C13H10ClN3O/c1-18-13-11(9-5-3-2-4-6-9)12(14)16-10-7-8-15-17(10)13/h2-8H,1H3. The lowest BCUT2D eigenvalue weighted by Crippen LogP contribution is -2.01. The number of methoxy groups -OCH3 is 1. The molecule has 1 aromatic carbocycles. The highest BCUT2D eigenvalue weighted by Gasteiger charge is 2.16. The van der Waals surface area contributed by atoms with Gasteiger partial charge in [-0.1, -0.05) is 41.9 Å². The average molecular weight is 260 g/mol. The third-order valence-electron chi connectivity index (χ3n) is 2.70. The molecule has 0 amide bonds. The van der Waals surface area contributed by atoms with Gasteiger partial charge in [0.1, 0.15) is 5.15 Å². The van der Waals surface area contributed by atoms with Crippen molar-refractivity contribution in [2.24, 2.45) is 0 Å². The third-order valence-corrected chi connectivity index (χ3v) is 2.98. The van der Waals surface area contributed by atoms with Gasteiger partial charge in [0.05, 0.1) is 18.9 Å². The van der Waals surface area contributed by atoms with Crippen molar-refractivity contribution in [2.45, 2.75) is 0 Å². The molecular formula is C13H10ClN3O. The second kappa shape index (κ2) is 4.31. The van der Waals surface area contributed by atoms with E-state index in [0.29, 0.717) is 16.7 Å². The minimum Gasteiger partial charge on any atom is -0.480 e. The zero-order valence-electron chi connectivity index (χ0n) is 9.67. The van der Waals surface area contributed by atoms with Crippen LogP contribution in [-0.2, 0) is 0 Å². The Morgan fingerprint density at radius 1 is 1.17 bits per heavy atom. The van der Waals surface area contributed by atoms with Gasteiger partial charge in [-0.15, -0.1) is 0 Å². The SMILES string of the molecule is COc1c(-c2ccccc2)c(Cl)nc2ccnn12. The molecule has 18 heavy (non-hydrogen) atoms. The molecule has 0 radical (unpaired) electrons. The molecule has 3 aromatic rings. The van der Waals surface area contributed by atoms with Crippen molar-refractivity contribution in [3.8, 4) is 17.0 Å². The second-order valence-electron chi connectivity index (χ2n) is 3.75. The van der Waals surface area contributed by atoms with Gasteiger partial charge in [-0.2, -0.15) is 9.61 Å². The molecule has 2 aromatic heterocycles. The van der Waals surface area contributed by atoms with Gasteiger partial charge in [0.15, 0.2) is 5.65 Å². The largest absolute Gasteiger partial charge is 0.480 e. The van der Waals surface area contributed by atoms with Crippen molar-refractivity contribution in [1.29, 1.82) is 0 Å². The van der Waals surface area contributed by atoms with Gasteiger partial charge in [0.25, 0.3) is 0 Å². The molecule has 0 saturated carbocycles. The molecule has 0 unspecified atom stereocenters. The molecule has 0 saturated heterocycles. The summed E-state index contributed by atoms with van der Waals surface area (Å²) in [5.41, 5.74) is 2.36. The first kappa shape index (κ1) is 11.0. The smallest absolute Gasteiger partial charge is 0.227 e. The van der Waals surface area contributed by atoms with E-state index in [1.54, 1.807) is 23.9 Å². The molecule has 4 nitrogen and oxygen atoms in total. The van der Waals surface area contributed by atoms with Gasteiger partial charge in [-0.05, 0) is 5.56 Å². The van der Waals surface area contributed by atoms with Gasteiger partial charge in [-0.25, -0.2) is 4.98 Å². The third kappa shape index (κ3) is 1.62. The molecule has 3 rings (SSSR count). The number of hydrogen-bond acceptors (Lipinski definition) is 3. The van der Waals surface area contributed by atoms with Crippen molar-refractivity contribution >= 4 is 17.2 Å². The number of aromatic nitrogens is 3. The van der Waals surface area contributed by atoms with Crippen molar-refractivity contribution in [3.05, 3.63) is 47.7 Å². The van der Waals surface area contributed by atoms with E-state index in [0.717, 1.165) is 11.1 Å². The molecule has 90 valence electrons. The molecule has 0 aliphatic rings. The highest BCUT2D eigenvalue weighted by atomic mass is 35.5. The molecule has 0 fully saturated rings. The Labute approximate surface area is 109 Å². The Kier molecular flexibility index (Phi) is 2.64. The number of halogens is 1. The molecular weight excluding hydrogens is 250 g/mol. The minimum atomic E-state index is 0.408. The molecule has 0 aliphatic heterocycles. The summed E-state index contributed by atoms with van der Waals surface area (Å²) in [5.74, 6) is 0.584. The lowest BCUT2D eigenvalue weighted by atomic mass is 10.1. The van der Waals surface area contributed by atoms with Crippen molar-refractivity contribution < 1.29 is 4.74 Å². The number of fused-ring (bicyclic) bond motifs is 1. The fourth-order valence-corrected chi connectivity index (χ4v) is 2.20. The van der Waals surface area contributed by atoms with E-state index in [2.05, 4.69) is 10.1 Å². The van der Waals surface area contributed by atoms with E-state index >= 15 is 0 Å². The van der Waals surface area contributed by atoms with E-state index in [-0.39, 0.29) is 0 Å². The van der Waals surface area contributed by atoms with Gasteiger partial charge in [0.2, 0.25) is 5.88 Å². The molecule has 0 bridgehead atoms. The predicted octanol–water partition coefficient (Wildman–Crippen LogP) is 3.06. The first-order valence-electron chi connectivity index (χ1n) is 5.44. The highest BCUT2D eigenvalue weighted by molar-refractivity contribution is 6.32. The van der Waals surface area contributed by atoms with Crippen LogP contribution in [0, 0.1) is 0 Å². The quantitative estimate of drug-likeness (QED) is 0.664. The van der Waals surface area contributed by atoms with E-state index < -0.39 is 0 Å². The van der Waals surface area contributed by atoms with Gasteiger partial charge in [0, 0.05) is 6.07 Å². The maximum atomic E-state index is 6.25. The normalized spacial score (nSPS) is 10.8. The number of benzene rings is 1. The number of ether oxygens (including phenoxy) is 1. The minimum absolute atomic E-state index is 0.408. The van der Waals surface area contributed by atoms with E-state index in [1.165, 1.54) is 0 Å². The summed E-state index contributed by atoms with van der Waals surface area (Å²) in [7, 11) is 1.60. The summed E-state index contributed by atoms with van der Waals surface area (Å²) >= 11 is 6.25. The number of nitrogens with zero attached hydrogens (tertiary/aromatic N) is 3. The molecule has 2 heterocycles. The van der Waals surface area contributed by atoms with Crippen LogP contribution in [0.1, 0.15) is 0 Å². The molecule has 5 heteroatoms. The monoisotopic (exact) mass is 259 g/mol. The lowest BCUT2D eigenvalue weighted by Gasteiger charge is -2.11. The average Bonchev–Trinajstić information content (AvgIpc) is 2.85.